The molecule has 0 aliphatic heterocycles. The Bertz CT molecular complexity index is 292. The number of nitrogens with two attached hydrogens (primary N) is 1. The lowest BCUT2D eigenvalue weighted by atomic mass is 10.1. The molecule has 0 aromatic carbocycles. The molecule has 1 aromatic heterocycles. The van der Waals surface area contributed by atoms with Gasteiger partial charge in [0.2, 0.25) is 0 Å². The van der Waals surface area contributed by atoms with Gasteiger partial charge < -0.3 is 11.2 Å². The molecule has 0 spiro atoms. The quantitative estimate of drug-likeness (QED) is 0.536. The van der Waals surface area contributed by atoms with Crippen molar-refractivity contribution in [1.82, 2.24) is 4.98 Å². The van der Waals surface area contributed by atoms with Crippen LogP contribution in [0, 0.1) is 6.92 Å². The molecule has 0 atom stereocenters. The average molecular weight is 325 g/mol. The van der Waals surface area contributed by atoms with E-state index in [-0.39, 0.29) is 5.48 Å². The van der Waals surface area contributed by atoms with E-state index in [2.05, 4.69) is 11.9 Å². The second-order valence-corrected chi connectivity index (χ2v) is 6.15. The zero-order chi connectivity index (χ0) is 16.3. The molecular weight excluding hydrogens is 284 g/mol. The Hall–Kier alpha value is -0.930. The highest BCUT2D eigenvalue weighted by Gasteiger charge is 1.92. The Kier molecular flexibility index (Phi) is 22.3. The Labute approximate surface area is 144 Å². The fraction of sp³-hybridized carbons (Fsp3) is 0.750. The van der Waals surface area contributed by atoms with Crippen LogP contribution in [0.4, 0.5) is 0 Å². The minimum atomic E-state index is 0. The predicted octanol–water partition coefficient (Wildman–Crippen LogP) is 5.21. The third-order valence-electron chi connectivity index (χ3n) is 3.87. The number of hydrogen-bond donors (Lipinski definition) is 1. The molecule has 0 amide bonds. The second kappa shape index (κ2) is 21.1. The zero-order valence-electron chi connectivity index (χ0n) is 15.5. The van der Waals surface area contributed by atoms with Crippen LogP contribution in [0.1, 0.15) is 89.7 Å². The van der Waals surface area contributed by atoms with E-state index in [9.17, 15) is 0 Å². The van der Waals surface area contributed by atoms with Gasteiger partial charge >= 0.3 is 0 Å². The van der Waals surface area contributed by atoms with Crippen LogP contribution < -0.4 is 5.73 Å². The summed E-state index contributed by atoms with van der Waals surface area (Å²) in [5.74, 6) is 0. The molecule has 0 bridgehead atoms. The van der Waals surface area contributed by atoms with Crippen LogP contribution in [-0.2, 0) is 0 Å². The molecule has 3 heteroatoms. The molecule has 1 rings (SSSR count). The molecule has 0 unspecified atom stereocenters. The molecule has 23 heavy (non-hydrogen) atoms. The number of pyridine rings is 1. The lowest BCUT2D eigenvalue weighted by Crippen LogP contribution is -1.97. The predicted molar refractivity (Wildman–Crippen MR) is 103 cm³/mol. The maximum absolute atomic E-state index is 5.45. The first-order valence-electron chi connectivity index (χ1n) is 9.39. The van der Waals surface area contributed by atoms with Crippen molar-refractivity contribution in [2.45, 2.75) is 90.9 Å². The molecular formula is C20H40N2O. The minimum absolute atomic E-state index is 0. The Balaban J connectivity index is 0. The van der Waals surface area contributed by atoms with Gasteiger partial charge in [-0.1, -0.05) is 83.6 Å². The Morgan fingerprint density at radius 3 is 1.57 bits per heavy atom. The molecule has 0 fully saturated rings. The Morgan fingerprint density at radius 2 is 1.26 bits per heavy atom. The van der Waals surface area contributed by atoms with E-state index in [1.165, 1.54) is 77.0 Å². The van der Waals surface area contributed by atoms with E-state index in [1.807, 2.05) is 25.1 Å². The van der Waals surface area contributed by atoms with E-state index in [4.69, 9.17) is 5.73 Å². The highest BCUT2D eigenvalue weighted by molar-refractivity contribution is 4.99. The first kappa shape index (κ1) is 24.3. The number of rotatable bonds is 12. The van der Waals surface area contributed by atoms with Gasteiger partial charge in [0, 0.05) is 11.9 Å². The molecule has 0 aliphatic carbocycles. The lowest BCUT2D eigenvalue weighted by molar-refractivity contribution is 0.545. The first-order chi connectivity index (χ1) is 10.8. The van der Waals surface area contributed by atoms with Crippen molar-refractivity contribution in [3.63, 3.8) is 0 Å². The van der Waals surface area contributed by atoms with Crippen molar-refractivity contribution in [2.75, 3.05) is 6.54 Å². The summed E-state index contributed by atoms with van der Waals surface area (Å²) in [7, 11) is 0. The van der Waals surface area contributed by atoms with Crippen molar-refractivity contribution in [3.8, 4) is 0 Å². The average Bonchev–Trinajstić information content (AvgIpc) is 2.54. The molecule has 136 valence electrons. The van der Waals surface area contributed by atoms with Gasteiger partial charge in [0.15, 0.2) is 0 Å². The van der Waals surface area contributed by atoms with Gasteiger partial charge in [-0.15, -0.1) is 0 Å². The molecule has 4 N–H and O–H groups in total. The summed E-state index contributed by atoms with van der Waals surface area (Å²) in [6.45, 7) is 5.12. The van der Waals surface area contributed by atoms with Crippen molar-refractivity contribution in [3.05, 3.63) is 30.1 Å². The third kappa shape index (κ3) is 21.1. The van der Waals surface area contributed by atoms with Crippen molar-refractivity contribution in [2.24, 2.45) is 5.73 Å². The zero-order valence-corrected chi connectivity index (χ0v) is 15.5. The summed E-state index contributed by atoms with van der Waals surface area (Å²) in [6, 6.07) is 5.86. The van der Waals surface area contributed by atoms with Crippen LogP contribution in [0.2, 0.25) is 0 Å². The normalized spacial score (nSPS) is 9.70. The summed E-state index contributed by atoms with van der Waals surface area (Å²) in [6.07, 6.45) is 18.7. The van der Waals surface area contributed by atoms with Gasteiger partial charge in [0.1, 0.15) is 0 Å². The molecule has 0 saturated carbocycles. The third-order valence-corrected chi connectivity index (χ3v) is 3.87. The van der Waals surface area contributed by atoms with E-state index in [0.29, 0.717) is 0 Å². The molecule has 3 nitrogen and oxygen atoms in total. The van der Waals surface area contributed by atoms with E-state index >= 15 is 0 Å². The van der Waals surface area contributed by atoms with Crippen LogP contribution in [0.25, 0.3) is 0 Å². The van der Waals surface area contributed by atoms with Crippen LogP contribution >= 0.6 is 0 Å². The van der Waals surface area contributed by atoms with Gasteiger partial charge in [-0.05, 0) is 32.0 Å². The largest absolute Gasteiger partial charge is 0.412 e. The Morgan fingerprint density at radius 1 is 0.783 bits per heavy atom. The topological polar surface area (TPSA) is 70.4 Å². The SMILES string of the molecule is CCCCCCCCCCCCCCN.Cc1ccccn1.O. The fourth-order valence-corrected chi connectivity index (χ4v) is 2.43. The first-order valence-corrected chi connectivity index (χ1v) is 9.39. The monoisotopic (exact) mass is 324 g/mol. The highest BCUT2D eigenvalue weighted by Crippen LogP contribution is 2.11. The summed E-state index contributed by atoms with van der Waals surface area (Å²) in [4.78, 5) is 3.98. The number of aromatic nitrogens is 1. The van der Waals surface area contributed by atoms with Crippen molar-refractivity contribution >= 4 is 0 Å². The van der Waals surface area contributed by atoms with Crippen molar-refractivity contribution in [1.29, 1.82) is 0 Å². The summed E-state index contributed by atoms with van der Waals surface area (Å²) < 4.78 is 0. The smallest absolute Gasteiger partial charge is 0.0372 e. The second-order valence-electron chi connectivity index (χ2n) is 6.15. The van der Waals surface area contributed by atoms with Crippen LogP contribution in [0.3, 0.4) is 0 Å². The van der Waals surface area contributed by atoms with E-state index in [1.54, 1.807) is 6.20 Å². The van der Waals surface area contributed by atoms with E-state index in [0.717, 1.165) is 12.2 Å². The molecule has 0 saturated heterocycles. The van der Waals surface area contributed by atoms with Crippen molar-refractivity contribution < 1.29 is 5.48 Å². The van der Waals surface area contributed by atoms with Crippen LogP contribution in [0.5, 0.6) is 0 Å². The van der Waals surface area contributed by atoms with Gasteiger partial charge in [-0.25, -0.2) is 0 Å². The number of nitrogens with zero attached hydrogens (tertiary/aromatic N) is 1. The fourth-order valence-electron chi connectivity index (χ4n) is 2.43. The number of hydrogen-bond acceptors (Lipinski definition) is 2. The molecule has 0 aliphatic rings. The summed E-state index contributed by atoms with van der Waals surface area (Å²) in [5.41, 5.74) is 6.52. The van der Waals surface area contributed by atoms with Crippen LogP contribution in [-0.4, -0.2) is 17.0 Å². The minimum Gasteiger partial charge on any atom is -0.412 e. The van der Waals surface area contributed by atoms with Gasteiger partial charge in [-0.2, -0.15) is 0 Å². The van der Waals surface area contributed by atoms with Gasteiger partial charge in [0.05, 0.1) is 0 Å². The number of unbranched alkanes of at least 4 members (excludes halogenated alkanes) is 11. The van der Waals surface area contributed by atoms with Gasteiger partial charge in [-0.3, -0.25) is 4.98 Å². The maximum atomic E-state index is 5.45. The summed E-state index contributed by atoms with van der Waals surface area (Å²) >= 11 is 0. The highest BCUT2D eigenvalue weighted by atomic mass is 16.0. The van der Waals surface area contributed by atoms with E-state index < -0.39 is 0 Å². The summed E-state index contributed by atoms with van der Waals surface area (Å²) in [5, 5.41) is 0. The van der Waals surface area contributed by atoms with Gasteiger partial charge in [0.25, 0.3) is 0 Å². The molecule has 1 aromatic rings. The standard InChI is InChI=1S/C14H31N.C6H7N.H2O/c1-2-3-4-5-6-7-8-9-10-11-12-13-14-15;1-6-4-2-3-5-7-6;/h2-15H2,1H3;2-5H,1H3;1H2. The maximum Gasteiger partial charge on any atom is 0.0372 e. The molecule has 1 heterocycles. The number of aryl methyl sites for hydroxylation is 1. The molecule has 0 radical (unpaired) electrons. The lowest BCUT2D eigenvalue weighted by Gasteiger charge is -2.01. The van der Waals surface area contributed by atoms with Crippen LogP contribution in [0.15, 0.2) is 24.4 Å².